The number of benzene rings is 1. The number of phenolic OH excluding ortho intramolecular Hbond substituents is 1. The second kappa shape index (κ2) is 4.34. The molecule has 17 heavy (non-hydrogen) atoms. The molecule has 1 heterocycles. The van der Waals surface area contributed by atoms with E-state index in [2.05, 4.69) is 9.71 Å². The molecule has 0 saturated carbocycles. The summed E-state index contributed by atoms with van der Waals surface area (Å²) in [7, 11) is -3.58. The fourth-order valence-corrected chi connectivity index (χ4v) is 3.37. The average molecular weight is 270 g/mol. The molecule has 0 bridgehead atoms. The number of nitrogens with one attached hydrogen (secondary N) is 1. The van der Waals surface area contributed by atoms with Gasteiger partial charge in [-0.15, -0.1) is 11.3 Å². The molecule has 0 spiro atoms. The summed E-state index contributed by atoms with van der Waals surface area (Å²) in [6, 6.07) is 5.80. The first-order chi connectivity index (χ1) is 7.97. The van der Waals surface area contributed by atoms with Crippen molar-refractivity contribution in [1.29, 1.82) is 0 Å². The Labute approximate surface area is 103 Å². The van der Waals surface area contributed by atoms with Gasteiger partial charge in [-0.2, -0.15) is 0 Å². The van der Waals surface area contributed by atoms with E-state index < -0.39 is 10.0 Å². The van der Waals surface area contributed by atoms with Crippen molar-refractivity contribution in [3.63, 3.8) is 0 Å². The molecule has 90 valence electrons. The molecule has 1 aromatic heterocycles. The van der Waals surface area contributed by atoms with Gasteiger partial charge in [-0.1, -0.05) is 0 Å². The Kier molecular flexibility index (Phi) is 3.03. The van der Waals surface area contributed by atoms with Crippen molar-refractivity contribution in [3.8, 4) is 5.75 Å². The zero-order valence-electron chi connectivity index (χ0n) is 8.91. The van der Waals surface area contributed by atoms with Crippen LogP contribution in [0.3, 0.4) is 0 Å². The number of hydrogen-bond donors (Lipinski definition) is 2. The van der Waals surface area contributed by atoms with E-state index in [0.717, 1.165) is 11.3 Å². The van der Waals surface area contributed by atoms with Gasteiger partial charge in [-0.05, 0) is 31.2 Å². The molecular formula is C10H10N2O3S2. The van der Waals surface area contributed by atoms with Gasteiger partial charge in [-0.25, -0.2) is 13.4 Å². The van der Waals surface area contributed by atoms with Crippen molar-refractivity contribution in [1.82, 2.24) is 4.98 Å². The van der Waals surface area contributed by atoms with E-state index in [1.807, 2.05) is 0 Å². The summed E-state index contributed by atoms with van der Waals surface area (Å²) in [4.78, 5) is 3.90. The molecule has 0 fully saturated rings. The van der Waals surface area contributed by atoms with E-state index in [1.165, 1.54) is 30.5 Å². The Morgan fingerprint density at radius 1 is 1.29 bits per heavy atom. The highest BCUT2D eigenvalue weighted by Crippen LogP contribution is 2.22. The van der Waals surface area contributed by atoms with Gasteiger partial charge in [0.05, 0.1) is 11.2 Å². The van der Waals surface area contributed by atoms with Crippen LogP contribution in [0.4, 0.5) is 5.69 Å². The van der Waals surface area contributed by atoms with Gasteiger partial charge in [0.15, 0.2) is 4.21 Å². The van der Waals surface area contributed by atoms with E-state index in [1.54, 1.807) is 6.92 Å². The third kappa shape index (κ3) is 2.75. The lowest BCUT2D eigenvalue weighted by molar-refractivity contribution is 0.475. The molecule has 0 atom stereocenters. The monoisotopic (exact) mass is 270 g/mol. The van der Waals surface area contributed by atoms with Crippen LogP contribution in [0, 0.1) is 6.92 Å². The summed E-state index contributed by atoms with van der Waals surface area (Å²) in [5.41, 5.74) is 0.397. The Hall–Kier alpha value is -1.60. The molecule has 2 aromatic rings. The first kappa shape index (κ1) is 11.9. The van der Waals surface area contributed by atoms with Crippen molar-refractivity contribution >= 4 is 27.0 Å². The lowest BCUT2D eigenvalue weighted by Crippen LogP contribution is -2.11. The van der Waals surface area contributed by atoms with E-state index >= 15 is 0 Å². The molecule has 0 aliphatic rings. The summed E-state index contributed by atoms with van der Waals surface area (Å²) in [5.74, 6) is 0.0848. The predicted octanol–water partition coefficient (Wildman–Crippen LogP) is 1.96. The number of aryl methyl sites for hydroxylation is 1. The second-order valence-electron chi connectivity index (χ2n) is 3.35. The van der Waals surface area contributed by atoms with E-state index in [9.17, 15) is 8.42 Å². The van der Waals surface area contributed by atoms with Crippen LogP contribution in [0.25, 0.3) is 0 Å². The molecule has 0 unspecified atom stereocenters. The highest BCUT2D eigenvalue weighted by Gasteiger charge is 2.16. The third-order valence-electron chi connectivity index (χ3n) is 1.98. The zero-order valence-corrected chi connectivity index (χ0v) is 10.5. The minimum Gasteiger partial charge on any atom is -0.508 e. The Balaban J connectivity index is 2.26. The molecule has 7 heteroatoms. The van der Waals surface area contributed by atoms with E-state index in [4.69, 9.17) is 5.11 Å². The van der Waals surface area contributed by atoms with Crippen LogP contribution in [-0.2, 0) is 10.0 Å². The molecule has 0 amide bonds. The van der Waals surface area contributed by atoms with Gasteiger partial charge >= 0.3 is 0 Å². The average Bonchev–Trinajstić information content (AvgIpc) is 2.69. The number of nitrogens with zero attached hydrogens (tertiary/aromatic N) is 1. The van der Waals surface area contributed by atoms with Gasteiger partial charge < -0.3 is 5.11 Å². The van der Waals surface area contributed by atoms with Gasteiger partial charge in [0, 0.05) is 5.69 Å². The van der Waals surface area contributed by atoms with Crippen molar-refractivity contribution < 1.29 is 13.5 Å². The number of thiazole rings is 1. The molecule has 0 aliphatic heterocycles. The molecular weight excluding hydrogens is 260 g/mol. The number of hydrogen-bond acceptors (Lipinski definition) is 5. The van der Waals surface area contributed by atoms with Crippen LogP contribution in [0.1, 0.15) is 5.01 Å². The predicted molar refractivity (Wildman–Crippen MR) is 65.8 cm³/mol. The van der Waals surface area contributed by atoms with Gasteiger partial charge in [0.1, 0.15) is 5.75 Å². The highest BCUT2D eigenvalue weighted by atomic mass is 32.2. The van der Waals surface area contributed by atoms with Crippen molar-refractivity contribution in [2.45, 2.75) is 11.1 Å². The largest absolute Gasteiger partial charge is 0.508 e. The molecule has 1 aromatic carbocycles. The zero-order chi connectivity index (χ0) is 12.5. The lowest BCUT2D eigenvalue weighted by Gasteiger charge is -2.05. The second-order valence-corrected chi connectivity index (χ2v) is 6.49. The summed E-state index contributed by atoms with van der Waals surface area (Å²) in [6.45, 7) is 1.74. The minimum atomic E-state index is -3.58. The topological polar surface area (TPSA) is 79.3 Å². The van der Waals surface area contributed by atoms with Crippen LogP contribution in [0.2, 0.25) is 0 Å². The van der Waals surface area contributed by atoms with E-state index in [0.29, 0.717) is 10.7 Å². The highest BCUT2D eigenvalue weighted by molar-refractivity contribution is 7.94. The Morgan fingerprint density at radius 2 is 1.94 bits per heavy atom. The summed E-state index contributed by atoms with van der Waals surface area (Å²) in [6.07, 6.45) is 1.32. The number of anilines is 1. The van der Waals surface area contributed by atoms with Crippen LogP contribution in [-0.4, -0.2) is 18.5 Å². The molecule has 0 aliphatic carbocycles. The van der Waals surface area contributed by atoms with Crippen LogP contribution >= 0.6 is 11.3 Å². The quantitative estimate of drug-likeness (QED) is 0.836. The van der Waals surface area contributed by atoms with Gasteiger partial charge in [-0.3, -0.25) is 4.72 Å². The normalized spacial score (nSPS) is 11.4. The van der Waals surface area contributed by atoms with Gasteiger partial charge in [0.25, 0.3) is 10.0 Å². The standard InChI is InChI=1S/C10H10N2O3S2/c1-7-11-6-10(16-7)17(14,15)12-8-2-4-9(13)5-3-8/h2-6,12-13H,1H3. The number of rotatable bonds is 3. The number of sulfonamides is 1. The summed E-state index contributed by atoms with van der Waals surface area (Å²) >= 11 is 1.11. The summed E-state index contributed by atoms with van der Waals surface area (Å²) < 4.78 is 26.4. The van der Waals surface area contributed by atoms with Crippen molar-refractivity contribution in [2.75, 3.05) is 4.72 Å². The maximum atomic E-state index is 11.9. The number of phenols is 1. The SMILES string of the molecule is Cc1ncc(S(=O)(=O)Nc2ccc(O)cc2)s1. The van der Waals surface area contributed by atoms with Crippen molar-refractivity contribution in [3.05, 3.63) is 35.5 Å². The molecule has 2 rings (SSSR count). The molecule has 5 nitrogen and oxygen atoms in total. The molecule has 0 radical (unpaired) electrons. The first-order valence-corrected chi connectivity index (χ1v) is 7.01. The van der Waals surface area contributed by atoms with Crippen LogP contribution in [0.5, 0.6) is 5.75 Å². The lowest BCUT2D eigenvalue weighted by atomic mass is 10.3. The van der Waals surface area contributed by atoms with Crippen LogP contribution in [0.15, 0.2) is 34.7 Å². The van der Waals surface area contributed by atoms with E-state index in [-0.39, 0.29) is 9.96 Å². The molecule has 2 N–H and O–H groups in total. The maximum Gasteiger partial charge on any atom is 0.273 e. The smallest absolute Gasteiger partial charge is 0.273 e. The molecule has 0 saturated heterocycles. The summed E-state index contributed by atoms with van der Waals surface area (Å²) in [5, 5.41) is 9.78. The van der Waals surface area contributed by atoms with Crippen molar-refractivity contribution in [2.24, 2.45) is 0 Å². The van der Waals surface area contributed by atoms with Gasteiger partial charge in [0.2, 0.25) is 0 Å². The van der Waals surface area contributed by atoms with Crippen LogP contribution < -0.4 is 4.72 Å². The first-order valence-electron chi connectivity index (χ1n) is 4.72. The number of aromatic nitrogens is 1. The Morgan fingerprint density at radius 3 is 2.47 bits per heavy atom. The number of aromatic hydroxyl groups is 1. The maximum absolute atomic E-state index is 11.9. The minimum absolute atomic E-state index is 0.0848. The Bertz CT molecular complexity index is 617. The fraction of sp³-hybridized carbons (Fsp3) is 0.100. The third-order valence-corrected chi connectivity index (χ3v) is 4.74. The fourth-order valence-electron chi connectivity index (χ4n) is 1.20.